The Kier molecular flexibility index (Phi) is 3.44. The molecule has 2 N–H and O–H groups in total. The SMILES string of the molecule is CCc1ccc(C(=O)N2CCCC3(C2)NC(=O)NC3=O)s1. The van der Waals surface area contributed by atoms with Gasteiger partial charge in [0.05, 0.1) is 11.4 Å². The number of carbonyl (C=O) groups excluding carboxylic acids is 3. The minimum atomic E-state index is -0.949. The highest BCUT2D eigenvalue weighted by Crippen LogP contribution is 2.27. The second kappa shape index (κ2) is 5.14. The zero-order valence-corrected chi connectivity index (χ0v) is 12.6. The molecule has 0 aromatic carbocycles. The molecule has 112 valence electrons. The number of imide groups is 1. The van der Waals surface area contributed by atoms with E-state index in [-0.39, 0.29) is 18.4 Å². The Morgan fingerprint density at radius 2 is 2.24 bits per heavy atom. The third-order valence-electron chi connectivity index (χ3n) is 4.01. The van der Waals surface area contributed by atoms with Gasteiger partial charge >= 0.3 is 6.03 Å². The number of hydrogen-bond acceptors (Lipinski definition) is 4. The van der Waals surface area contributed by atoms with E-state index in [4.69, 9.17) is 0 Å². The molecule has 0 bridgehead atoms. The molecule has 7 heteroatoms. The van der Waals surface area contributed by atoms with Gasteiger partial charge in [0.2, 0.25) is 0 Å². The van der Waals surface area contributed by atoms with Crippen LogP contribution in [-0.2, 0) is 11.2 Å². The van der Waals surface area contributed by atoms with Gasteiger partial charge in [-0.05, 0) is 31.4 Å². The van der Waals surface area contributed by atoms with E-state index in [1.54, 1.807) is 4.90 Å². The van der Waals surface area contributed by atoms with Crippen LogP contribution in [0.3, 0.4) is 0 Å². The van der Waals surface area contributed by atoms with Gasteiger partial charge in [-0.25, -0.2) is 4.79 Å². The first-order chi connectivity index (χ1) is 10.0. The molecule has 1 unspecified atom stereocenters. The predicted molar refractivity (Wildman–Crippen MR) is 78.2 cm³/mol. The third-order valence-corrected chi connectivity index (χ3v) is 5.23. The van der Waals surface area contributed by atoms with Gasteiger partial charge in [0.15, 0.2) is 0 Å². The Morgan fingerprint density at radius 3 is 2.86 bits per heavy atom. The quantitative estimate of drug-likeness (QED) is 0.804. The van der Waals surface area contributed by atoms with Crippen LogP contribution in [-0.4, -0.2) is 41.4 Å². The van der Waals surface area contributed by atoms with Gasteiger partial charge in [0.25, 0.3) is 11.8 Å². The molecule has 3 rings (SSSR count). The van der Waals surface area contributed by atoms with Crippen molar-refractivity contribution in [1.82, 2.24) is 15.5 Å². The number of likely N-dealkylation sites (tertiary alicyclic amines) is 1. The largest absolute Gasteiger partial charge is 0.335 e. The molecule has 3 heterocycles. The van der Waals surface area contributed by atoms with Crippen LogP contribution in [0.25, 0.3) is 0 Å². The van der Waals surface area contributed by atoms with Crippen LogP contribution in [0.2, 0.25) is 0 Å². The Bertz CT molecular complexity index is 612. The molecule has 1 spiro atoms. The Labute approximate surface area is 126 Å². The summed E-state index contributed by atoms with van der Waals surface area (Å²) in [4.78, 5) is 39.4. The van der Waals surface area contributed by atoms with Crippen molar-refractivity contribution in [2.45, 2.75) is 31.7 Å². The number of piperidine rings is 1. The first-order valence-electron chi connectivity index (χ1n) is 7.06. The molecule has 2 aliphatic heterocycles. The van der Waals surface area contributed by atoms with Crippen LogP contribution in [0.5, 0.6) is 0 Å². The molecule has 1 aromatic heterocycles. The van der Waals surface area contributed by atoms with Gasteiger partial charge in [0, 0.05) is 11.4 Å². The summed E-state index contributed by atoms with van der Waals surface area (Å²) in [5, 5.41) is 4.95. The molecule has 2 aliphatic rings. The monoisotopic (exact) mass is 307 g/mol. The first kappa shape index (κ1) is 14.1. The van der Waals surface area contributed by atoms with E-state index < -0.39 is 11.6 Å². The van der Waals surface area contributed by atoms with Crippen LogP contribution in [0.1, 0.15) is 34.3 Å². The maximum atomic E-state index is 12.5. The Morgan fingerprint density at radius 1 is 1.43 bits per heavy atom. The molecule has 6 nitrogen and oxygen atoms in total. The first-order valence-corrected chi connectivity index (χ1v) is 7.87. The molecular weight excluding hydrogens is 290 g/mol. The van der Waals surface area contributed by atoms with Crippen LogP contribution in [0, 0.1) is 0 Å². The van der Waals surface area contributed by atoms with Crippen molar-refractivity contribution in [3.8, 4) is 0 Å². The lowest BCUT2D eigenvalue weighted by atomic mass is 9.89. The summed E-state index contributed by atoms with van der Waals surface area (Å²) >= 11 is 1.49. The summed E-state index contributed by atoms with van der Waals surface area (Å²) in [6.45, 7) is 2.90. The lowest BCUT2D eigenvalue weighted by Crippen LogP contribution is -2.59. The highest BCUT2D eigenvalue weighted by Gasteiger charge is 2.49. The van der Waals surface area contributed by atoms with E-state index >= 15 is 0 Å². The zero-order valence-electron chi connectivity index (χ0n) is 11.8. The lowest BCUT2D eigenvalue weighted by molar-refractivity contribution is -0.125. The summed E-state index contributed by atoms with van der Waals surface area (Å²) in [5.41, 5.74) is -0.949. The van der Waals surface area contributed by atoms with E-state index in [2.05, 4.69) is 10.6 Å². The average molecular weight is 307 g/mol. The zero-order chi connectivity index (χ0) is 15.0. The molecule has 1 aromatic rings. The van der Waals surface area contributed by atoms with E-state index in [0.29, 0.717) is 24.3 Å². The number of rotatable bonds is 2. The summed E-state index contributed by atoms with van der Waals surface area (Å²) in [5.74, 6) is -0.391. The van der Waals surface area contributed by atoms with E-state index in [9.17, 15) is 14.4 Å². The molecule has 0 radical (unpaired) electrons. The minimum Gasteiger partial charge on any atom is -0.335 e. The van der Waals surface area contributed by atoms with Gasteiger partial charge in [-0.2, -0.15) is 0 Å². The number of amides is 4. The number of nitrogens with one attached hydrogen (secondary N) is 2. The highest BCUT2D eigenvalue weighted by atomic mass is 32.1. The predicted octanol–water partition coefficient (Wildman–Crippen LogP) is 1.12. The molecule has 1 atom stereocenters. The van der Waals surface area contributed by atoms with Crippen LogP contribution < -0.4 is 10.6 Å². The van der Waals surface area contributed by atoms with Crippen LogP contribution >= 0.6 is 11.3 Å². The van der Waals surface area contributed by atoms with Gasteiger partial charge in [-0.3, -0.25) is 14.9 Å². The van der Waals surface area contributed by atoms with Crippen molar-refractivity contribution in [2.75, 3.05) is 13.1 Å². The third kappa shape index (κ3) is 2.42. The molecule has 0 aliphatic carbocycles. The number of aryl methyl sites for hydroxylation is 1. The summed E-state index contributed by atoms with van der Waals surface area (Å²) in [6.07, 6.45) is 2.17. The number of urea groups is 1. The fraction of sp³-hybridized carbons (Fsp3) is 0.500. The van der Waals surface area contributed by atoms with Gasteiger partial charge in [0.1, 0.15) is 5.54 Å². The fourth-order valence-corrected chi connectivity index (χ4v) is 3.80. The molecule has 21 heavy (non-hydrogen) atoms. The van der Waals surface area contributed by atoms with Crippen molar-refractivity contribution in [1.29, 1.82) is 0 Å². The second-order valence-electron chi connectivity index (χ2n) is 5.44. The summed E-state index contributed by atoms with van der Waals surface area (Å²) in [6, 6.07) is 3.32. The molecule has 0 saturated carbocycles. The van der Waals surface area contributed by atoms with Gasteiger partial charge < -0.3 is 10.2 Å². The number of carbonyl (C=O) groups is 3. The summed E-state index contributed by atoms with van der Waals surface area (Å²) in [7, 11) is 0. The van der Waals surface area contributed by atoms with Crippen LogP contribution in [0.15, 0.2) is 12.1 Å². The van der Waals surface area contributed by atoms with E-state index in [1.807, 2.05) is 19.1 Å². The summed E-state index contributed by atoms with van der Waals surface area (Å²) < 4.78 is 0. The van der Waals surface area contributed by atoms with Crippen molar-refractivity contribution in [2.24, 2.45) is 0 Å². The number of hydrogen-bond donors (Lipinski definition) is 2. The van der Waals surface area contributed by atoms with Gasteiger partial charge in [-0.1, -0.05) is 6.92 Å². The van der Waals surface area contributed by atoms with Crippen molar-refractivity contribution >= 4 is 29.2 Å². The van der Waals surface area contributed by atoms with Crippen molar-refractivity contribution in [3.63, 3.8) is 0 Å². The second-order valence-corrected chi connectivity index (χ2v) is 6.61. The van der Waals surface area contributed by atoms with Crippen LogP contribution in [0.4, 0.5) is 4.79 Å². The Balaban J connectivity index is 1.78. The lowest BCUT2D eigenvalue weighted by Gasteiger charge is -2.37. The Hall–Kier alpha value is -1.89. The van der Waals surface area contributed by atoms with Crippen molar-refractivity contribution < 1.29 is 14.4 Å². The van der Waals surface area contributed by atoms with Gasteiger partial charge in [-0.15, -0.1) is 11.3 Å². The maximum Gasteiger partial charge on any atom is 0.322 e. The molecule has 4 amide bonds. The number of thiophene rings is 1. The normalized spacial score (nSPS) is 25.1. The molecular formula is C14H17N3O3S. The highest BCUT2D eigenvalue weighted by molar-refractivity contribution is 7.14. The average Bonchev–Trinajstić information content (AvgIpc) is 3.04. The van der Waals surface area contributed by atoms with Crippen molar-refractivity contribution in [3.05, 3.63) is 21.9 Å². The number of nitrogens with zero attached hydrogens (tertiary/aromatic N) is 1. The minimum absolute atomic E-state index is 0.0623. The standard InChI is InChI=1S/C14H17N3O3S/c1-2-9-4-5-10(21-9)11(18)17-7-3-6-14(8-17)12(19)15-13(20)16-14/h4-5H,2-3,6-8H2,1H3,(H2,15,16,19,20). The smallest absolute Gasteiger partial charge is 0.322 e. The maximum absolute atomic E-state index is 12.5. The molecule has 2 fully saturated rings. The topological polar surface area (TPSA) is 78.5 Å². The fourth-order valence-electron chi connectivity index (χ4n) is 2.88. The van der Waals surface area contributed by atoms with E-state index in [1.165, 1.54) is 11.3 Å². The van der Waals surface area contributed by atoms with E-state index in [0.717, 1.165) is 11.3 Å². The molecule has 2 saturated heterocycles.